The molecule has 0 radical (unpaired) electrons. The Morgan fingerprint density at radius 1 is 1.30 bits per heavy atom. The first-order chi connectivity index (χ1) is 11.1. The summed E-state index contributed by atoms with van der Waals surface area (Å²) in [6, 6.07) is 4.95. The molecule has 2 N–H and O–H groups in total. The van der Waals surface area contributed by atoms with E-state index in [1.807, 2.05) is 6.08 Å². The van der Waals surface area contributed by atoms with Crippen molar-refractivity contribution < 1.29 is 14.6 Å². The molecule has 2 atom stereocenters. The third-order valence-electron chi connectivity index (χ3n) is 4.36. The summed E-state index contributed by atoms with van der Waals surface area (Å²) in [6.45, 7) is 1.35. The molecule has 0 saturated heterocycles. The second-order valence-electron chi connectivity index (χ2n) is 5.99. The Morgan fingerprint density at radius 2 is 2.17 bits per heavy atom. The van der Waals surface area contributed by atoms with E-state index < -0.39 is 5.97 Å². The number of benzene rings is 1. The zero-order valence-electron chi connectivity index (χ0n) is 12.8. The number of anilines is 1. The third-order valence-corrected chi connectivity index (χ3v) is 4.62. The molecule has 0 amide bonds. The second-order valence-corrected chi connectivity index (χ2v) is 6.42. The molecule has 4 nitrogen and oxygen atoms in total. The number of carboxylic acids is 1. The van der Waals surface area contributed by atoms with Crippen molar-refractivity contribution in [2.24, 2.45) is 11.8 Å². The van der Waals surface area contributed by atoms with Gasteiger partial charge in [-0.25, -0.2) is 4.79 Å². The molecule has 1 aliphatic heterocycles. The van der Waals surface area contributed by atoms with Gasteiger partial charge in [-0.3, -0.25) is 0 Å². The Balaban J connectivity index is 1.83. The number of allylic oxidation sites excluding steroid dienone is 3. The Bertz CT molecular complexity index is 654. The van der Waals surface area contributed by atoms with Crippen molar-refractivity contribution in [2.45, 2.75) is 19.3 Å². The molecule has 0 fully saturated rings. The van der Waals surface area contributed by atoms with Gasteiger partial charge in [-0.05, 0) is 43.0 Å². The highest BCUT2D eigenvalue weighted by Gasteiger charge is 2.22. The molecule has 0 aromatic heterocycles. The van der Waals surface area contributed by atoms with E-state index in [4.69, 9.17) is 21.4 Å². The van der Waals surface area contributed by atoms with Crippen molar-refractivity contribution >= 4 is 23.3 Å². The first kappa shape index (κ1) is 15.9. The molecular formula is C18H20ClNO3. The van der Waals surface area contributed by atoms with Crippen LogP contribution in [0.5, 0.6) is 5.75 Å². The number of carbonyl (C=O) groups is 1. The number of fused-ring (bicyclic) bond motifs is 2. The van der Waals surface area contributed by atoms with Gasteiger partial charge in [0.15, 0.2) is 0 Å². The fraction of sp³-hybridized carbons (Fsp3) is 0.389. The van der Waals surface area contributed by atoms with Gasteiger partial charge in [-0.15, -0.1) is 0 Å². The molecule has 5 heteroatoms. The van der Waals surface area contributed by atoms with E-state index in [1.54, 1.807) is 18.2 Å². The van der Waals surface area contributed by atoms with Crippen LogP contribution in [0.1, 0.15) is 29.6 Å². The van der Waals surface area contributed by atoms with Crippen molar-refractivity contribution in [3.63, 3.8) is 0 Å². The van der Waals surface area contributed by atoms with Crippen molar-refractivity contribution in [1.29, 1.82) is 0 Å². The first-order valence-electron chi connectivity index (χ1n) is 7.93. The molecule has 0 saturated carbocycles. The van der Waals surface area contributed by atoms with Gasteiger partial charge < -0.3 is 15.2 Å². The van der Waals surface area contributed by atoms with Gasteiger partial charge in [-0.2, -0.15) is 0 Å². The lowest BCUT2D eigenvalue weighted by atomic mass is 9.85. The molecule has 0 spiro atoms. The maximum Gasteiger partial charge on any atom is 0.335 e. The summed E-state index contributed by atoms with van der Waals surface area (Å²) in [5.41, 5.74) is 1.01. The number of hydrogen-bond acceptors (Lipinski definition) is 3. The molecule has 3 rings (SSSR count). The van der Waals surface area contributed by atoms with Crippen LogP contribution in [0.2, 0.25) is 0 Å². The van der Waals surface area contributed by atoms with Gasteiger partial charge in [-0.1, -0.05) is 30.2 Å². The number of hydrogen-bond donors (Lipinski definition) is 2. The van der Waals surface area contributed by atoms with Crippen LogP contribution in [0.25, 0.3) is 0 Å². The Hall–Kier alpha value is -1.94. The van der Waals surface area contributed by atoms with E-state index in [0.717, 1.165) is 36.5 Å². The van der Waals surface area contributed by atoms with Crippen LogP contribution in [0.15, 0.2) is 41.5 Å². The molecule has 2 unspecified atom stereocenters. The lowest BCUT2D eigenvalue weighted by Gasteiger charge is -2.25. The number of aromatic carboxylic acids is 1. The molecular weight excluding hydrogens is 314 g/mol. The molecule has 1 aromatic rings. The fourth-order valence-corrected chi connectivity index (χ4v) is 3.29. The number of nitrogens with one attached hydrogen (secondary N) is 1. The highest BCUT2D eigenvalue weighted by molar-refractivity contribution is 6.31. The minimum Gasteiger partial charge on any atom is -0.491 e. The van der Waals surface area contributed by atoms with E-state index >= 15 is 0 Å². The van der Waals surface area contributed by atoms with Gasteiger partial charge in [0.1, 0.15) is 5.75 Å². The molecule has 1 aromatic carbocycles. The van der Waals surface area contributed by atoms with Gasteiger partial charge in [0.05, 0.1) is 17.9 Å². The monoisotopic (exact) mass is 333 g/mol. The van der Waals surface area contributed by atoms with Gasteiger partial charge in [0.25, 0.3) is 0 Å². The van der Waals surface area contributed by atoms with Crippen molar-refractivity contribution in [3.8, 4) is 5.75 Å². The summed E-state index contributed by atoms with van der Waals surface area (Å²) < 4.78 is 5.98. The van der Waals surface area contributed by atoms with Gasteiger partial charge in [0, 0.05) is 17.5 Å². The normalized spacial score (nSPS) is 24.1. The standard InChI is InChI=1S/C18H20ClNO3/c19-15-6-4-14-11-23-17-7-5-13(18(21)22)10-16(17)20-8-2-1-3-12(14)9-15/h4-7,9-10,12,14,20H,1-3,8,11H2,(H,21,22). The zero-order chi connectivity index (χ0) is 16.2. The Labute approximate surface area is 140 Å². The van der Waals surface area contributed by atoms with E-state index in [0.29, 0.717) is 24.2 Å². The van der Waals surface area contributed by atoms with E-state index in [9.17, 15) is 4.79 Å². The Kier molecular flexibility index (Phi) is 4.91. The summed E-state index contributed by atoms with van der Waals surface area (Å²) >= 11 is 6.13. The molecule has 23 heavy (non-hydrogen) atoms. The SMILES string of the molecule is O=C(O)c1ccc2c(c1)NCCCCC1C=C(Cl)C=CC1CO2. The van der Waals surface area contributed by atoms with E-state index in [1.165, 1.54) is 0 Å². The van der Waals surface area contributed by atoms with Crippen LogP contribution in [-0.4, -0.2) is 24.2 Å². The highest BCUT2D eigenvalue weighted by atomic mass is 35.5. The summed E-state index contributed by atoms with van der Waals surface area (Å²) in [5, 5.41) is 13.2. The summed E-state index contributed by atoms with van der Waals surface area (Å²) in [6.07, 6.45) is 9.36. The average Bonchev–Trinajstić information content (AvgIpc) is 2.57. The minimum atomic E-state index is -0.932. The van der Waals surface area contributed by atoms with E-state index in [-0.39, 0.29) is 5.56 Å². The first-order valence-corrected chi connectivity index (χ1v) is 8.31. The third kappa shape index (κ3) is 3.88. The lowest BCUT2D eigenvalue weighted by Crippen LogP contribution is -2.20. The summed E-state index contributed by atoms with van der Waals surface area (Å²) in [4.78, 5) is 11.1. The second kappa shape index (κ2) is 7.09. The van der Waals surface area contributed by atoms with Crippen molar-refractivity contribution in [1.82, 2.24) is 0 Å². The quantitative estimate of drug-likeness (QED) is 0.805. The summed E-state index contributed by atoms with van der Waals surface area (Å²) in [7, 11) is 0. The number of ether oxygens (including phenoxy) is 1. The van der Waals surface area contributed by atoms with Crippen LogP contribution in [-0.2, 0) is 0 Å². The van der Waals surface area contributed by atoms with Crippen molar-refractivity contribution in [3.05, 3.63) is 47.0 Å². The average molecular weight is 334 g/mol. The Morgan fingerprint density at radius 3 is 3.00 bits per heavy atom. The predicted octanol–water partition coefficient (Wildman–Crippen LogP) is 4.28. The minimum absolute atomic E-state index is 0.264. The molecule has 122 valence electrons. The lowest BCUT2D eigenvalue weighted by molar-refractivity contribution is 0.0697. The van der Waals surface area contributed by atoms with Crippen LogP contribution < -0.4 is 10.1 Å². The molecule has 1 heterocycles. The fourth-order valence-electron chi connectivity index (χ4n) is 3.06. The van der Waals surface area contributed by atoms with Gasteiger partial charge in [0.2, 0.25) is 0 Å². The number of carboxylic acid groups (broad SMARTS) is 1. The maximum absolute atomic E-state index is 11.1. The molecule has 0 bridgehead atoms. The van der Waals surface area contributed by atoms with Crippen LogP contribution in [0, 0.1) is 11.8 Å². The van der Waals surface area contributed by atoms with Crippen molar-refractivity contribution in [2.75, 3.05) is 18.5 Å². The zero-order valence-corrected chi connectivity index (χ0v) is 13.6. The molecule has 1 aliphatic carbocycles. The largest absolute Gasteiger partial charge is 0.491 e. The van der Waals surface area contributed by atoms with Crippen LogP contribution in [0.3, 0.4) is 0 Å². The van der Waals surface area contributed by atoms with Gasteiger partial charge >= 0.3 is 5.97 Å². The highest BCUT2D eigenvalue weighted by Crippen LogP contribution is 2.32. The van der Waals surface area contributed by atoms with Crippen LogP contribution >= 0.6 is 11.6 Å². The predicted molar refractivity (Wildman–Crippen MR) is 91.3 cm³/mol. The topological polar surface area (TPSA) is 58.6 Å². The van der Waals surface area contributed by atoms with Crippen LogP contribution in [0.4, 0.5) is 5.69 Å². The number of halogens is 1. The molecule has 2 aliphatic rings. The smallest absolute Gasteiger partial charge is 0.335 e. The maximum atomic E-state index is 11.1. The van der Waals surface area contributed by atoms with E-state index in [2.05, 4.69) is 17.5 Å². The summed E-state index contributed by atoms with van der Waals surface area (Å²) in [5.74, 6) is 0.457. The number of rotatable bonds is 1.